The molecule has 0 amide bonds. The fourth-order valence-electron chi connectivity index (χ4n) is 2.44. The van der Waals surface area contributed by atoms with Crippen molar-refractivity contribution in [2.75, 3.05) is 45.5 Å². The van der Waals surface area contributed by atoms with Gasteiger partial charge in [-0.15, -0.1) is 0 Å². The summed E-state index contributed by atoms with van der Waals surface area (Å²) in [5.74, 6) is 0.201. The molecule has 0 aromatic heterocycles. The molecule has 18 heavy (non-hydrogen) atoms. The number of ether oxygens (including phenoxy) is 2. The van der Waals surface area contributed by atoms with E-state index in [4.69, 9.17) is 15.2 Å². The van der Waals surface area contributed by atoms with Crippen molar-refractivity contribution in [2.45, 2.75) is 25.0 Å². The predicted molar refractivity (Wildman–Crippen MR) is 70.3 cm³/mol. The summed E-state index contributed by atoms with van der Waals surface area (Å²) in [7, 11) is 0.253. The van der Waals surface area contributed by atoms with Crippen molar-refractivity contribution in [1.82, 2.24) is 4.90 Å². The lowest BCUT2D eigenvalue weighted by Gasteiger charge is -2.35. The summed E-state index contributed by atoms with van der Waals surface area (Å²) in [6, 6.07) is -0.351. The van der Waals surface area contributed by atoms with Gasteiger partial charge in [-0.25, -0.2) is 8.42 Å². The van der Waals surface area contributed by atoms with E-state index in [1.165, 1.54) is 0 Å². The first-order chi connectivity index (χ1) is 8.41. The number of methoxy groups -OCH3 is 2. The van der Waals surface area contributed by atoms with Gasteiger partial charge in [-0.05, 0) is 6.92 Å². The van der Waals surface area contributed by atoms with Crippen LogP contribution in [0.15, 0.2) is 0 Å². The van der Waals surface area contributed by atoms with Crippen molar-refractivity contribution >= 4 is 9.84 Å². The van der Waals surface area contributed by atoms with E-state index in [-0.39, 0.29) is 29.6 Å². The van der Waals surface area contributed by atoms with E-state index in [0.29, 0.717) is 19.8 Å². The maximum absolute atomic E-state index is 11.6. The molecule has 1 heterocycles. The van der Waals surface area contributed by atoms with Gasteiger partial charge in [0.15, 0.2) is 9.84 Å². The van der Waals surface area contributed by atoms with Crippen LogP contribution < -0.4 is 5.73 Å². The van der Waals surface area contributed by atoms with Crippen molar-refractivity contribution < 1.29 is 17.9 Å². The number of hydrogen-bond acceptors (Lipinski definition) is 6. The molecule has 0 saturated carbocycles. The molecule has 1 rings (SSSR count). The lowest BCUT2D eigenvalue weighted by atomic mass is 10.1. The molecule has 3 unspecified atom stereocenters. The van der Waals surface area contributed by atoms with Crippen LogP contribution in [0.4, 0.5) is 0 Å². The van der Waals surface area contributed by atoms with Gasteiger partial charge in [0.2, 0.25) is 0 Å². The average Bonchev–Trinajstić information content (AvgIpc) is 2.53. The van der Waals surface area contributed by atoms with Gasteiger partial charge in [0, 0.05) is 38.9 Å². The van der Waals surface area contributed by atoms with Crippen LogP contribution in [-0.4, -0.2) is 76.9 Å². The van der Waals surface area contributed by atoms with Gasteiger partial charge >= 0.3 is 0 Å². The Kier molecular flexibility index (Phi) is 6.00. The number of nitrogens with two attached hydrogens (primary N) is 1. The molecule has 0 bridgehead atoms. The highest BCUT2D eigenvalue weighted by Crippen LogP contribution is 2.19. The van der Waals surface area contributed by atoms with E-state index in [1.807, 2.05) is 6.92 Å². The van der Waals surface area contributed by atoms with E-state index in [2.05, 4.69) is 4.90 Å². The summed E-state index contributed by atoms with van der Waals surface area (Å²) in [6.45, 7) is 3.77. The molecule has 0 aliphatic carbocycles. The third-order valence-electron chi connectivity index (χ3n) is 3.32. The number of rotatable bonds is 7. The molecule has 7 heteroatoms. The van der Waals surface area contributed by atoms with E-state index < -0.39 is 9.84 Å². The Hall–Kier alpha value is -0.210. The minimum Gasteiger partial charge on any atom is -0.383 e. The van der Waals surface area contributed by atoms with E-state index in [9.17, 15) is 8.42 Å². The maximum atomic E-state index is 11.6. The molecule has 1 aliphatic heterocycles. The van der Waals surface area contributed by atoms with Crippen molar-refractivity contribution in [3.05, 3.63) is 0 Å². The van der Waals surface area contributed by atoms with E-state index in [0.717, 1.165) is 0 Å². The van der Waals surface area contributed by atoms with Crippen molar-refractivity contribution in [3.8, 4) is 0 Å². The number of sulfone groups is 1. The summed E-state index contributed by atoms with van der Waals surface area (Å²) < 4.78 is 33.5. The molecule has 6 nitrogen and oxygen atoms in total. The molecule has 0 spiro atoms. The first-order valence-electron chi connectivity index (χ1n) is 6.11. The Bertz CT molecular complexity index is 347. The minimum absolute atomic E-state index is 0.0703. The predicted octanol–water partition coefficient (Wildman–Crippen LogP) is -0.906. The fraction of sp³-hybridized carbons (Fsp3) is 1.00. The Morgan fingerprint density at radius 2 is 2.00 bits per heavy atom. The van der Waals surface area contributed by atoms with Gasteiger partial charge in [-0.1, -0.05) is 0 Å². The van der Waals surface area contributed by atoms with Crippen molar-refractivity contribution in [3.63, 3.8) is 0 Å². The Morgan fingerprint density at radius 3 is 2.44 bits per heavy atom. The molecule has 1 aliphatic rings. The molecular formula is C11H24N2O4S. The van der Waals surface area contributed by atoms with E-state index in [1.54, 1.807) is 14.2 Å². The van der Waals surface area contributed by atoms with Gasteiger partial charge in [0.05, 0.1) is 24.7 Å². The fourth-order valence-corrected chi connectivity index (χ4v) is 4.35. The van der Waals surface area contributed by atoms with Crippen LogP contribution in [0, 0.1) is 0 Å². The van der Waals surface area contributed by atoms with Crippen LogP contribution in [0.2, 0.25) is 0 Å². The highest BCUT2D eigenvalue weighted by molar-refractivity contribution is 7.91. The summed E-state index contributed by atoms with van der Waals surface area (Å²) in [4.78, 5) is 2.09. The zero-order valence-electron chi connectivity index (χ0n) is 11.3. The first kappa shape index (κ1) is 15.8. The summed E-state index contributed by atoms with van der Waals surface area (Å²) in [5.41, 5.74) is 5.96. The zero-order valence-corrected chi connectivity index (χ0v) is 12.1. The van der Waals surface area contributed by atoms with Gasteiger partial charge in [0.1, 0.15) is 0 Å². The second kappa shape index (κ2) is 6.81. The van der Waals surface area contributed by atoms with Crippen molar-refractivity contribution in [1.29, 1.82) is 0 Å². The van der Waals surface area contributed by atoms with Crippen LogP contribution in [-0.2, 0) is 19.3 Å². The molecule has 3 atom stereocenters. The molecular weight excluding hydrogens is 256 g/mol. The first-order valence-corrected chi connectivity index (χ1v) is 7.93. The van der Waals surface area contributed by atoms with Crippen LogP contribution in [0.25, 0.3) is 0 Å². The molecule has 0 aromatic rings. The minimum atomic E-state index is -3.01. The summed E-state index contributed by atoms with van der Waals surface area (Å²) in [5, 5.41) is 0. The SMILES string of the molecule is COCCN(C(C)COC)C1CS(=O)(=O)CC1N. The molecule has 1 saturated heterocycles. The standard InChI is InChI=1S/C11H24N2O4S/c1-9(6-17-3)13(4-5-16-2)11-8-18(14,15)7-10(11)12/h9-11H,4-8,12H2,1-3H3. The monoisotopic (exact) mass is 280 g/mol. The Labute approximate surface area is 109 Å². The Balaban J connectivity index is 2.76. The second-order valence-corrected chi connectivity index (χ2v) is 7.00. The van der Waals surface area contributed by atoms with Crippen molar-refractivity contribution in [2.24, 2.45) is 5.73 Å². The zero-order chi connectivity index (χ0) is 13.8. The normalized spacial score (nSPS) is 28.7. The molecule has 0 radical (unpaired) electrons. The molecule has 2 N–H and O–H groups in total. The van der Waals surface area contributed by atoms with Gasteiger partial charge in [-0.2, -0.15) is 0 Å². The lowest BCUT2D eigenvalue weighted by Crippen LogP contribution is -2.53. The quantitative estimate of drug-likeness (QED) is 0.650. The van der Waals surface area contributed by atoms with Crippen LogP contribution in [0.3, 0.4) is 0 Å². The molecule has 1 fully saturated rings. The molecule has 0 aromatic carbocycles. The summed E-state index contributed by atoms with van der Waals surface area (Å²) in [6.07, 6.45) is 0. The highest BCUT2D eigenvalue weighted by atomic mass is 32.2. The maximum Gasteiger partial charge on any atom is 0.153 e. The van der Waals surface area contributed by atoms with Crippen LogP contribution in [0.5, 0.6) is 0 Å². The Morgan fingerprint density at radius 1 is 1.33 bits per heavy atom. The van der Waals surface area contributed by atoms with Gasteiger partial charge in [0.25, 0.3) is 0 Å². The molecule has 108 valence electrons. The van der Waals surface area contributed by atoms with Crippen LogP contribution in [0.1, 0.15) is 6.92 Å². The third kappa shape index (κ3) is 4.17. The number of hydrogen-bond donors (Lipinski definition) is 1. The average molecular weight is 280 g/mol. The smallest absolute Gasteiger partial charge is 0.153 e. The highest BCUT2D eigenvalue weighted by Gasteiger charge is 2.40. The summed E-state index contributed by atoms with van der Waals surface area (Å²) >= 11 is 0. The largest absolute Gasteiger partial charge is 0.383 e. The number of nitrogens with zero attached hydrogens (tertiary/aromatic N) is 1. The van der Waals surface area contributed by atoms with Gasteiger partial charge < -0.3 is 15.2 Å². The lowest BCUT2D eigenvalue weighted by molar-refractivity contribution is 0.0495. The van der Waals surface area contributed by atoms with E-state index >= 15 is 0 Å². The van der Waals surface area contributed by atoms with Gasteiger partial charge in [-0.3, -0.25) is 4.90 Å². The second-order valence-electron chi connectivity index (χ2n) is 4.84. The van der Waals surface area contributed by atoms with Crippen LogP contribution >= 0.6 is 0 Å². The third-order valence-corrected chi connectivity index (χ3v) is 5.06. The topological polar surface area (TPSA) is 81.9 Å².